The molecule has 0 bridgehead atoms. The Hall–Kier alpha value is -1.36. The average Bonchev–Trinajstić information content (AvgIpc) is 2.74. The van der Waals surface area contributed by atoms with Crippen molar-refractivity contribution in [2.24, 2.45) is 0 Å². The van der Waals surface area contributed by atoms with Crippen molar-refractivity contribution in [3.8, 4) is 0 Å². The summed E-state index contributed by atoms with van der Waals surface area (Å²) in [4.78, 5) is 11.8. The SMILES string of the molecule is CCCC(O)(CCC)CNC(=O)c1cc(C)on1. The Morgan fingerprint density at radius 3 is 2.50 bits per heavy atom. The Bertz CT molecular complexity index is 381. The van der Waals surface area contributed by atoms with Crippen LogP contribution in [0, 0.1) is 6.92 Å². The Balaban J connectivity index is 2.54. The Morgan fingerprint density at radius 1 is 1.44 bits per heavy atom. The minimum absolute atomic E-state index is 0.249. The van der Waals surface area contributed by atoms with Crippen LogP contribution in [0.4, 0.5) is 0 Å². The van der Waals surface area contributed by atoms with Gasteiger partial charge in [-0.15, -0.1) is 0 Å². The minimum atomic E-state index is -0.821. The third-order valence-electron chi connectivity index (χ3n) is 2.87. The second-order valence-corrected chi connectivity index (χ2v) is 4.73. The number of aromatic nitrogens is 1. The van der Waals surface area contributed by atoms with E-state index in [1.165, 1.54) is 0 Å². The number of amides is 1. The molecule has 1 rings (SSSR count). The van der Waals surface area contributed by atoms with E-state index in [0.717, 1.165) is 12.8 Å². The topological polar surface area (TPSA) is 75.4 Å². The van der Waals surface area contributed by atoms with Gasteiger partial charge in [-0.25, -0.2) is 0 Å². The predicted molar refractivity (Wildman–Crippen MR) is 68.3 cm³/mol. The first-order chi connectivity index (χ1) is 8.50. The number of nitrogens with zero attached hydrogens (tertiary/aromatic N) is 1. The van der Waals surface area contributed by atoms with Crippen LogP contribution in [0.5, 0.6) is 0 Å². The molecule has 0 radical (unpaired) electrons. The number of rotatable bonds is 7. The molecule has 5 heteroatoms. The van der Waals surface area contributed by atoms with E-state index < -0.39 is 5.60 Å². The second-order valence-electron chi connectivity index (χ2n) is 4.73. The van der Waals surface area contributed by atoms with E-state index in [0.29, 0.717) is 18.6 Å². The van der Waals surface area contributed by atoms with Gasteiger partial charge in [0.15, 0.2) is 5.69 Å². The van der Waals surface area contributed by atoms with E-state index in [2.05, 4.69) is 10.5 Å². The summed E-state index contributed by atoms with van der Waals surface area (Å²) >= 11 is 0. The van der Waals surface area contributed by atoms with Crippen molar-refractivity contribution < 1.29 is 14.4 Å². The van der Waals surface area contributed by atoms with Crippen LogP contribution in [0.1, 0.15) is 55.8 Å². The van der Waals surface area contributed by atoms with Crippen molar-refractivity contribution >= 4 is 5.91 Å². The van der Waals surface area contributed by atoms with Crippen molar-refractivity contribution in [2.45, 2.75) is 52.1 Å². The Kier molecular flexibility index (Phi) is 5.34. The van der Waals surface area contributed by atoms with Crippen molar-refractivity contribution in [3.05, 3.63) is 17.5 Å². The number of aryl methyl sites for hydroxylation is 1. The second kappa shape index (κ2) is 6.54. The molecule has 0 unspecified atom stereocenters. The molecule has 0 saturated carbocycles. The summed E-state index contributed by atoms with van der Waals surface area (Å²) < 4.78 is 4.84. The lowest BCUT2D eigenvalue weighted by Gasteiger charge is -2.27. The lowest BCUT2D eigenvalue weighted by Crippen LogP contribution is -2.42. The van der Waals surface area contributed by atoms with Crippen LogP contribution < -0.4 is 5.32 Å². The van der Waals surface area contributed by atoms with E-state index in [4.69, 9.17) is 4.52 Å². The molecule has 1 amide bonds. The lowest BCUT2D eigenvalue weighted by atomic mass is 9.92. The fourth-order valence-electron chi connectivity index (χ4n) is 2.04. The van der Waals surface area contributed by atoms with Crippen LogP contribution in [0.2, 0.25) is 0 Å². The standard InChI is InChI=1S/C13H22N2O3/c1-4-6-13(17,7-5-2)9-14-12(16)11-8-10(3)18-15-11/h8,17H,4-7,9H2,1-3H3,(H,14,16). The highest BCUT2D eigenvalue weighted by atomic mass is 16.5. The van der Waals surface area contributed by atoms with Gasteiger partial charge in [0.2, 0.25) is 0 Å². The summed E-state index contributed by atoms with van der Waals surface area (Å²) in [5.41, 5.74) is -0.569. The van der Waals surface area contributed by atoms with Gasteiger partial charge >= 0.3 is 0 Å². The molecule has 1 aromatic heterocycles. The Morgan fingerprint density at radius 2 is 2.06 bits per heavy atom. The van der Waals surface area contributed by atoms with Crippen LogP contribution in [-0.4, -0.2) is 28.3 Å². The van der Waals surface area contributed by atoms with Gasteiger partial charge in [0.25, 0.3) is 5.91 Å². The summed E-state index contributed by atoms with van der Waals surface area (Å²) in [6, 6.07) is 1.58. The summed E-state index contributed by atoms with van der Waals surface area (Å²) in [6.07, 6.45) is 3.13. The zero-order valence-corrected chi connectivity index (χ0v) is 11.3. The van der Waals surface area contributed by atoms with Crippen LogP contribution in [0.25, 0.3) is 0 Å². The van der Waals surface area contributed by atoms with E-state index in [1.54, 1.807) is 13.0 Å². The predicted octanol–water partition coefficient (Wildman–Crippen LogP) is 2.04. The molecule has 0 aromatic carbocycles. The number of hydrogen-bond donors (Lipinski definition) is 2. The van der Waals surface area contributed by atoms with E-state index in [-0.39, 0.29) is 18.1 Å². The summed E-state index contributed by atoms with van der Waals surface area (Å²) in [5, 5.41) is 16.7. The molecule has 18 heavy (non-hydrogen) atoms. The fourth-order valence-corrected chi connectivity index (χ4v) is 2.04. The molecule has 0 spiro atoms. The monoisotopic (exact) mass is 254 g/mol. The highest BCUT2D eigenvalue weighted by molar-refractivity contribution is 5.92. The van der Waals surface area contributed by atoms with Gasteiger partial charge in [0.1, 0.15) is 5.76 Å². The van der Waals surface area contributed by atoms with Gasteiger partial charge in [-0.1, -0.05) is 31.8 Å². The normalized spacial score (nSPS) is 11.6. The van der Waals surface area contributed by atoms with Crippen LogP contribution in [-0.2, 0) is 0 Å². The zero-order valence-electron chi connectivity index (χ0n) is 11.3. The first-order valence-electron chi connectivity index (χ1n) is 6.44. The average molecular weight is 254 g/mol. The van der Waals surface area contributed by atoms with Crippen LogP contribution >= 0.6 is 0 Å². The van der Waals surface area contributed by atoms with Gasteiger partial charge < -0.3 is 14.9 Å². The molecule has 0 atom stereocenters. The smallest absolute Gasteiger partial charge is 0.273 e. The molecule has 1 heterocycles. The molecule has 0 aliphatic heterocycles. The van der Waals surface area contributed by atoms with Crippen molar-refractivity contribution in [1.29, 1.82) is 0 Å². The van der Waals surface area contributed by atoms with E-state index >= 15 is 0 Å². The van der Waals surface area contributed by atoms with E-state index in [9.17, 15) is 9.90 Å². The third-order valence-corrected chi connectivity index (χ3v) is 2.87. The maximum absolute atomic E-state index is 11.8. The lowest BCUT2D eigenvalue weighted by molar-refractivity contribution is 0.0212. The molecule has 1 aromatic rings. The molecule has 102 valence electrons. The van der Waals surface area contributed by atoms with Crippen molar-refractivity contribution in [3.63, 3.8) is 0 Å². The molecular weight excluding hydrogens is 232 g/mol. The first kappa shape index (κ1) is 14.7. The van der Waals surface area contributed by atoms with Gasteiger partial charge in [0.05, 0.1) is 5.60 Å². The van der Waals surface area contributed by atoms with Crippen LogP contribution in [0.15, 0.2) is 10.6 Å². The van der Waals surface area contributed by atoms with Crippen molar-refractivity contribution in [1.82, 2.24) is 10.5 Å². The summed E-state index contributed by atoms with van der Waals surface area (Å²) in [7, 11) is 0. The number of hydrogen-bond acceptors (Lipinski definition) is 4. The highest BCUT2D eigenvalue weighted by Gasteiger charge is 2.26. The number of aliphatic hydroxyl groups is 1. The number of nitrogens with one attached hydrogen (secondary N) is 1. The number of carbonyl (C=O) groups is 1. The van der Waals surface area contributed by atoms with E-state index in [1.807, 2.05) is 13.8 Å². The maximum atomic E-state index is 11.8. The number of carbonyl (C=O) groups excluding carboxylic acids is 1. The molecule has 5 nitrogen and oxygen atoms in total. The van der Waals surface area contributed by atoms with Gasteiger partial charge in [-0.3, -0.25) is 4.79 Å². The van der Waals surface area contributed by atoms with Crippen LogP contribution in [0.3, 0.4) is 0 Å². The maximum Gasteiger partial charge on any atom is 0.273 e. The quantitative estimate of drug-likeness (QED) is 0.780. The van der Waals surface area contributed by atoms with Gasteiger partial charge in [-0.05, 0) is 19.8 Å². The summed E-state index contributed by atoms with van der Waals surface area (Å²) in [5.74, 6) is 0.287. The molecule has 0 saturated heterocycles. The minimum Gasteiger partial charge on any atom is -0.388 e. The third kappa shape index (κ3) is 4.14. The summed E-state index contributed by atoms with van der Waals surface area (Å²) in [6.45, 7) is 6.01. The van der Waals surface area contributed by atoms with Gasteiger partial charge in [-0.2, -0.15) is 0 Å². The van der Waals surface area contributed by atoms with Crippen molar-refractivity contribution in [2.75, 3.05) is 6.54 Å². The largest absolute Gasteiger partial charge is 0.388 e. The fraction of sp³-hybridized carbons (Fsp3) is 0.692. The Labute approximate surface area is 108 Å². The first-order valence-corrected chi connectivity index (χ1v) is 6.44. The zero-order chi connectivity index (χ0) is 13.6. The molecular formula is C13H22N2O3. The molecule has 0 aliphatic rings. The molecule has 0 fully saturated rings. The molecule has 0 aliphatic carbocycles. The highest BCUT2D eigenvalue weighted by Crippen LogP contribution is 2.18. The van der Waals surface area contributed by atoms with Gasteiger partial charge in [0, 0.05) is 12.6 Å². The molecule has 2 N–H and O–H groups in total.